The van der Waals surface area contributed by atoms with Crippen LogP contribution in [-0.2, 0) is 37.3 Å². The number of anilines is 1. The van der Waals surface area contributed by atoms with Crippen molar-refractivity contribution >= 4 is 43.0 Å². The molecule has 1 aliphatic rings. The molecule has 3 heterocycles. The van der Waals surface area contributed by atoms with Crippen molar-refractivity contribution in [3.63, 3.8) is 0 Å². The number of nitrogens with two attached hydrogens (primary N) is 1. The van der Waals surface area contributed by atoms with Crippen molar-refractivity contribution in [2.24, 2.45) is 0 Å². The molecule has 0 amide bonds. The zero-order valence-electron chi connectivity index (χ0n) is 14.8. The molecule has 18 nitrogen and oxygen atoms in total. The number of aliphatic hydroxyl groups excluding tert-OH is 1. The highest BCUT2D eigenvalue weighted by Crippen LogP contribution is 2.48. The lowest BCUT2D eigenvalue weighted by Crippen LogP contribution is -2.35. The van der Waals surface area contributed by atoms with Gasteiger partial charge in [-0.1, -0.05) is 0 Å². The minimum Gasteiger partial charge on any atom is -0.386 e. The van der Waals surface area contributed by atoms with Gasteiger partial charge in [0.1, 0.15) is 30.2 Å². The molecule has 1 saturated heterocycles. The summed E-state index contributed by atoms with van der Waals surface area (Å²) >= 11 is 0. The first kappa shape index (κ1) is 24.1. The number of rotatable bonds is 8. The third kappa shape index (κ3) is 5.80. The lowest BCUT2D eigenvalue weighted by atomic mass is 10.1. The van der Waals surface area contributed by atoms with Crippen LogP contribution in [0.4, 0.5) is 5.82 Å². The number of phosphoric acid groups is 2. The molecule has 1 aliphatic heterocycles. The van der Waals surface area contributed by atoms with Gasteiger partial charge in [-0.05, 0) is 0 Å². The van der Waals surface area contributed by atoms with Crippen LogP contribution in [0.1, 0.15) is 6.23 Å². The summed E-state index contributed by atoms with van der Waals surface area (Å²) in [4.78, 5) is 39.1. The summed E-state index contributed by atoms with van der Waals surface area (Å²) in [6, 6.07) is 0. The fraction of sp³-hybridized carbons (Fsp3) is 0.500. The van der Waals surface area contributed by atoms with Crippen LogP contribution in [0.2, 0.25) is 0 Å². The lowest BCUT2D eigenvalue weighted by molar-refractivity contribution is -0.0499. The molecule has 3 rings (SSSR count). The molecule has 2 aromatic rings. The van der Waals surface area contributed by atoms with Crippen LogP contribution >= 0.6 is 15.6 Å². The van der Waals surface area contributed by atoms with Gasteiger partial charge in [0.25, 0.3) is 0 Å². The van der Waals surface area contributed by atoms with E-state index in [1.54, 1.807) is 0 Å². The molecule has 1 fully saturated rings. The van der Waals surface area contributed by atoms with Crippen LogP contribution in [0.25, 0.3) is 11.2 Å². The van der Waals surface area contributed by atoms with E-state index in [9.17, 15) is 27.5 Å². The first-order chi connectivity index (χ1) is 14.2. The van der Waals surface area contributed by atoms with Crippen molar-refractivity contribution in [2.45, 2.75) is 24.5 Å². The molecular weight excluding hydrogens is 495 g/mol. The average molecular weight is 510 g/mol. The summed E-state index contributed by atoms with van der Waals surface area (Å²) in [7, 11) is -16.0. The van der Waals surface area contributed by atoms with Gasteiger partial charge in [0.15, 0.2) is 17.7 Å². The molecule has 1 unspecified atom stereocenters. The van der Waals surface area contributed by atoms with Crippen molar-refractivity contribution in [1.29, 1.82) is 0 Å². The van der Waals surface area contributed by atoms with E-state index in [1.165, 1.54) is 0 Å². The molecule has 0 aliphatic carbocycles. The van der Waals surface area contributed by atoms with Crippen LogP contribution in [0.3, 0.4) is 0 Å². The van der Waals surface area contributed by atoms with E-state index in [4.69, 9.17) is 24.8 Å². The monoisotopic (exact) mass is 510 g/mol. The first-order valence-electron chi connectivity index (χ1n) is 7.83. The maximum absolute atomic E-state index is 11.6. The third-order valence-corrected chi connectivity index (χ3v) is 6.32. The highest BCUT2D eigenvalue weighted by Gasteiger charge is 2.49. The molecule has 0 aromatic carbocycles. The average Bonchev–Trinajstić information content (AvgIpc) is 3.13. The molecule has 5 atom stereocenters. The van der Waals surface area contributed by atoms with E-state index in [2.05, 4.69) is 28.0 Å². The summed E-state index contributed by atoms with van der Waals surface area (Å²) in [5.41, 5.74) is 5.85. The largest absolute Gasteiger partial charge is 0.488 e. The van der Waals surface area contributed by atoms with Gasteiger partial charge in [-0.15, -0.1) is 3.97 Å². The Balaban J connectivity index is 1.88. The lowest BCUT2D eigenvalue weighted by Gasteiger charge is -2.21. The summed E-state index contributed by atoms with van der Waals surface area (Å²) in [6.45, 7) is -1.06. The Morgan fingerprint density at radius 1 is 1.23 bits per heavy atom. The van der Waals surface area contributed by atoms with E-state index in [1.807, 2.05) is 0 Å². The van der Waals surface area contributed by atoms with Crippen LogP contribution < -0.4 is 5.73 Å². The van der Waals surface area contributed by atoms with Gasteiger partial charge in [0.2, 0.25) is 0 Å². The molecular formula is C10H15N5O13P2S. The van der Waals surface area contributed by atoms with E-state index >= 15 is 0 Å². The Hall–Kier alpha value is -1.60. The topological polar surface area (TPSA) is 276 Å². The minimum absolute atomic E-state index is 0.0114. The minimum atomic E-state index is -5.39. The van der Waals surface area contributed by atoms with Crippen molar-refractivity contribution in [2.75, 3.05) is 12.3 Å². The van der Waals surface area contributed by atoms with Crippen LogP contribution in [0, 0.1) is 0 Å². The summed E-state index contributed by atoms with van der Waals surface area (Å²) in [5, 5.41) is 10.5. The maximum atomic E-state index is 11.6. The standard InChI is InChI=1S/C10H15N5O13P2S/c11-8-5-9(13-2-12-8)15(3-14-5)10-6(16)7(27-29(17,18)19)4(26-10)1-25-30(20,21)28-31(22,23)24/h2-4,6-7,10,16H,1H2,(H,20,21)(H2,11,12,13)(H2,17,18,19)(H,22,23,24)/t4-,6-,7-,10-/m1/s1/i31+3. The van der Waals surface area contributed by atoms with Gasteiger partial charge < -0.3 is 30.3 Å². The smallest absolute Gasteiger partial charge is 0.386 e. The Kier molecular flexibility index (Phi) is 6.51. The quantitative estimate of drug-likeness (QED) is 0.167. The highest BCUT2D eigenvalue weighted by atomic mass is 35.1. The zero-order chi connectivity index (χ0) is 23.2. The maximum Gasteiger partial charge on any atom is 0.488 e. The van der Waals surface area contributed by atoms with Gasteiger partial charge in [-0.3, -0.25) is 18.2 Å². The number of phosphoric ester groups is 2. The Morgan fingerprint density at radius 3 is 2.52 bits per heavy atom. The second-order valence-corrected chi connectivity index (χ2v) is 9.80. The SMILES string of the molecule is Nc1ncnc2c1ncn2[C@@H]1O[C@H](COP(=O)(O)O[35S](=O)(=O)O)[C@@H](OP(=O)(O)O)[C@H]1O. The van der Waals surface area contributed by atoms with Crippen LogP contribution in [0.15, 0.2) is 12.7 Å². The molecule has 0 bridgehead atoms. The number of aliphatic hydroxyl groups is 1. The summed E-state index contributed by atoms with van der Waals surface area (Å²) in [6.07, 6.45) is -4.54. The van der Waals surface area contributed by atoms with E-state index in [-0.39, 0.29) is 17.0 Å². The van der Waals surface area contributed by atoms with Crippen molar-refractivity contribution < 1.29 is 59.6 Å². The first-order valence-corrected chi connectivity index (χ1v) is 12.2. The van der Waals surface area contributed by atoms with Crippen molar-refractivity contribution in [3.05, 3.63) is 12.7 Å². The highest BCUT2D eigenvalue weighted by molar-refractivity contribution is 7.85. The third-order valence-electron chi connectivity index (χ3n) is 3.82. The summed E-state index contributed by atoms with van der Waals surface area (Å²) < 4.78 is 71.5. The molecule has 0 saturated carbocycles. The molecule has 0 spiro atoms. The molecule has 21 heteroatoms. The van der Waals surface area contributed by atoms with E-state index in [0.717, 1.165) is 17.2 Å². The predicted molar refractivity (Wildman–Crippen MR) is 95.0 cm³/mol. The fourth-order valence-electron chi connectivity index (χ4n) is 2.74. The molecule has 2 aromatic heterocycles. The second kappa shape index (κ2) is 8.39. The van der Waals surface area contributed by atoms with Gasteiger partial charge in [-0.25, -0.2) is 24.1 Å². The second-order valence-electron chi connectivity index (χ2n) is 5.97. The summed E-state index contributed by atoms with van der Waals surface area (Å²) in [5.74, 6) is -0.0114. The Labute approximate surface area is 172 Å². The molecule has 7 N–H and O–H groups in total. The number of ether oxygens (including phenoxy) is 1. The molecule has 0 radical (unpaired) electrons. The Morgan fingerprint density at radius 2 is 1.90 bits per heavy atom. The number of hydrogen-bond acceptors (Lipinski definition) is 13. The zero-order valence-corrected chi connectivity index (χ0v) is 17.4. The molecule has 31 heavy (non-hydrogen) atoms. The van der Waals surface area contributed by atoms with Gasteiger partial charge in [0.05, 0.1) is 12.9 Å². The van der Waals surface area contributed by atoms with E-state index < -0.39 is 57.2 Å². The predicted octanol–water partition coefficient (Wildman–Crippen LogP) is -1.92. The van der Waals surface area contributed by atoms with Crippen molar-refractivity contribution in [1.82, 2.24) is 19.5 Å². The normalized spacial score (nSPS) is 26.9. The van der Waals surface area contributed by atoms with Gasteiger partial charge in [-0.2, -0.15) is 8.42 Å². The van der Waals surface area contributed by atoms with Crippen LogP contribution in [0.5, 0.6) is 0 Å². The van der Waals surface area contributed by atoms with Gasteiger partial charge in [0, 0.05) is 0 Å². The van der Waals surface area contributed by atoms with Crippen molar-refractivity contribution in [3.8, 4) is 0 Å². The van der Waals surface area contributed by atoms with Gasteiger partial charge >= 0.3 is 26.0 Å². The number of nitrogen functional groups attached to an aromatic ring is 1. The van der Waals surface area contributed by atoms with E-state index in [0.29, 0.717) is 0 Å². The number of hydrogen-bond donors (Lipinski definition) is 6. The Bertz CT molecular complexity index is 1170. The fourth-order valence-corrected chi connectivity index (χ4v) is 4.77. The van der Waals surface area contributed by atoms with Crippen LogP contribution in [-0.4, -0.2) is 77.2 Å². The number of imidazole rings is 1. The molecule has 174 valence electrons. The number of nitrogens with zero attached hydrogens (tertiary/aromatic N) is 4. The number of aromatic nitrogens is 4. The number of fused-ring (bicyclic) bond motifs is 1.